The molecule has 0 aliphatic carbocycles. The van der Waals surface area contributed by atoms with E-state index in [1.807, 2.05) is 45.3 Å². The zero-order valence-electron chi connectivity index (χ0n) is 17.5. The molecule has 1 N–H and O–H groups in total. The van der Waals surface area contributed by atoms with Gasteiger partial charge in [-0.3, -0.25) is 0 Å². The molecule has 0 atom stereocenters. The normalized spacial score (nSPS) is 14.2. The Morgan fingerprint density at radius 1 is 1.14 bits per heavy atom. The molecule has 1 aromatic carbocycles. The fraction of sp³-hybridized carbons (Fsp3) is 0.476. The molecule has 1 aliphatic rings. The first-order chi connectivity index (χ1) is 14.1. The minimum absolute atomic E-state index is 0.245. The molecule has 1 aliphatic heterocycles. The molecule has 0 bridgehead atoms. The summed E-state index contributed by atoms with van der Waals surface area (Å²) >= 11 is 0. The zero-order valence-corrected chi connectivity index (χ0v) is 17.5. The number of benzene rings is 1. The molecule has 1 fully saturated rings. The van der Waals surface area contributed by atoms with E-state index in [4.69, 9.17) is 14.7 Å². The number of anilines is 2. The fourth-order valence-electron chi connectivity index (χ4n) is 3.16. The Kier molecular flexibility index (Phi) is 7.24. The van der Waals surface area contributed by atoms with E-state index in [9.17, 15) is 4.79 Å². The van der Waals surface area contributed by atoms with Crippen LogP contribution >= 0.6 is 0 Å². The maximum atomic E-state index is 12.0. The van der Waals surface area contributed by atoms with E-state index >= 15 is 0 Å². The maximum absolute atomic E-state index is 12.0. The number of carbonyl (C=O) groups is 1. The Hall–Kier alpha value is -2.87. The predicted octanol–water partition coefficient (Wildman–Crippen LogP) is 2.40. The van der Waals surface area contributed by atoms with Crippen LogP contribution in [0.4, 0.5) is 16.6 Å². The van der Waals surface area contributed by atoms with Crippen molar-refractivity contribution in [3.63, 3.8) is 0 Å². The van der Waals surface area contributed by atoms with Crippen molar-refractivity contribution in [3.8, 4) is 11.3 Å². The van der Waals surface area contributed by atoms with E-state index in [1.54, 1.807) is 4.90 Å². The molecule has 1 amide bonds. The largest absolute Gasteiger partial charge is 0.450 e. The molecular formula is C21H30N6O2. The maximum Gasteiger partial charge on any atom is 0.409 e. The van der Waals surface area contributed by atoms with Crippen LogP contribution in [0.2, 0.25) is 0 Å². The van der Waals surface area contributed by atoms with Crippen LogP contribution in [0.15, 0.2) is 36.4 Å². The molecule has 1 aromatic heterocycles. The van der Waals surface area contributed by atoms with Gasteiger partial charge in [0.1, 0.15) is 5.82 Å². The number of hydrogen-bond donors (Lipinski definition) is 1. The molecule has 1 saturated heterocycles. The van der Waals surface area contributed by atoms with E-state index in [0.29, 0.717) is 38.7 Å². The van der Waals surface area contributed by atoms with Crippen LogP contribution in [0, 0.1) is 0 Å². The molecule has 0 spiro atoms. The quantitative estimate of drug-likeness (QED) is 0.768. The number of rotatable bonds is 7. The van der Waals surface area contributed by atoms with Gasteiger partial charge in [0, 0.05) is 50.9 Å². The van der Waals surface area contributed by atoms with Gasteiger partial charge in [-0.15, -0.1) is 0 Å². The third-order valence-corrected chi connectivity index (χ3v) is 4.75. The molecule has 0 saturated carbocycles. The first-order valence-corrected chi connectivity index (χ1v) is 10.1. The van der Waals surface area contributed by atoms with Crippen molar-refractivity contribution in [1.29, 1.82) is 0 Å². The number of amides is 1. The van der Waals surface area contributed by atoms with Crippen LogP contribution in [0.5, 0.6) is 0 Å². The van der Waals surface area contributed by atoms with Gasteiger partial charge in [-0.1, -0.05) is 30.3 Å². The van der Waals surface area contributed by atoms with Crippen LogP contribution < -0.4 is 10.2 Å². The Morgan fingerprint density at radius 2 is 1.86 bits per heavy atom. The van der Waals surface area contributed by atoms with Crippen molar-refractivity contribution in [1.82, 2.24) is 19.8 Å². The Balaban J connectivity index is 1.77. The van der Waals surface area contributed by atoms with Gasteiger partial charge in [0.25, 0.3) is 0 Å². The van der Waals surface area contributed by atoms with Gasteiger partial charge in [-0.2, -0.15) is 4.98 Å². The highest BCUT2D eigenvalue weighted by Gasteiger charge is 2.23. The highest BCUT2D eigenvalue weighted by atomic mass is 16.6. The second-order valence-corrected chi connectivity index (χ2v) is 7.20. The lowest BCUT2D eigenvalue weighted by Crippen LogP contribution is -2.49. The van der Waals surface area contributed by atoms with Crippen molar-refractivity contribution >= 4 is 17.9 Å². The minimum atomic E-state index is -0.245. The average Bonchev–Trinajstić information content (AvgIpc) is 2.74. The molecule has 8 nitrogen and oxygen atoms in total. The summed E-state index contributed by atoms with van der Waals surface area (Å²) in [4.78, 5) is 27.5. The monoisotopic (exact) mass is 398 g/mol. The molecular weight excluding hydrogens is 368 g/mol. The van der Waals surface area contributed by atoms with Gasteiger partial charge in [0.15, 0.2) is 0 Å². The van der Waals surface area contributed by atoms with Gasteiger partial charge < -0.3 is 24.8 Å². The number of ether oxygens (including phenoxy) is 1. The van der Waals surface area contributed by atoms with Gasteiger partial charge in [-0.25, -0.2) is 9.78 Å². The van der Waals surface area contributed by atoms with Crippen LogP contribution in [-0.4, -0.2) is 85.8 Å². The van der Waals surface area contributed by atoms with Gasteiger partial charge in [0.05, 0.1) is 12.3 Å². The minimum Gasteiger partial charge on any atom is -0.450 e. The summed E-state index contributed by atoms with van der Waals surface area (Å²) in [6.45, 7) is 6.54. The Labute approximate surface area is 172 Å². The van der Waals surface area contributed by atoms with Crippen LogP contribution in [0.3, 0.4) is 0 Å². The summed E-state index contributed by atoms with van der Waals surface area (Å²) in [5, 5.41) is 3.33. The van der Waals surface area contributed by atoms with Crippen molar-refractivity contribution in [2.24, 2.45) is 0 Å². The SMILES string of the molecule is CCOC(=O)N1CCN(c2cc(-c3ccccc3)nc(NCCN(C)C)n2)CC1. The van der Waals surface area contributed by atoms with E-state index in [2.05, 4.69) is 27.2 Å². The summed E-state index contributed by atoms with van der Waals surface area (Å²) in [5.41, 5.74) is 1.94. The van der Waals surface area contributed by atoms with Crippen LogP contribution in [0.1, 0.15) is 6.92 Å². The summed E-state index contributed by atoms with van der Waals surface area (Å²) in [5.74, 6) is 1.49. The first-order valence-electron chi connectivity index (χ1n) is 10.1. The lowest BCUT2D eigenvalue weighted by Gasteiger charge is -2.34. The lowest BCUT2D eigenvalue weighted by atomic mass is 10.1. The second kappa shape index (κ2) is 10.1. The number of piperazine rings is 1. The van der Waals surface area contributed by atoms with E-state index in [-0.39, 0.29) is 6.09 Å². The van der Waals surface area contributed by atoms with E-state index < -0.39 is 0 Å². The highest BCUT2D eigenvalue weighted by molar-refractivity contribution is 5.68. The number of carbonyl (C=O) groups excluding carboxylic acids is 1. The molecule has 3 rings (SSSR count). The third-order valence-electron chi connectivity index (χ3n) is 4.75. The molecule has 0 radical (unpaired) electrons. The summed E-state index contributed by atoms with van der Waals surface area (Å²) in [7, 11) is 4.08. The fourth-order valence-corrected chi connectivity index (χ4v) is 3.16. The average molecular weight is 399 g/mol. The van der Waals surface area contributed by atoms with Crippen molar-refractivity contribution in [2.75, 3.05) is 70.2 Å². The van der Waals surface area contributed by atoms with Crippen molar-refractivity contribution < 1.29 is 9.53 Å². The Morgan fingerprint density at radius 3 is 2.52 bits per heavy atom. The van der Waals surface area contributed by atoms with Crippen molar-refractivity contribution in [2.45, 2.75) is 6.92 Å². The zero-order chi connectivity index (χ0) is 20.6. The molecule has 2 heterocycles. The van der Waals surface area contributed by atoms with Gasteiger partial charge >= 0.3 is 6.09 Å². The smallest absolute Gasteiger partial charge is 0.409 e. The first kappa shape index (κ1) is 20.9. The topological polar surface area (TPSA) is 73.8 Å². The number of aromatic nitrogens is 2. The summed E-state index contributed by atoms with van der Waals surface area (Å²) in [6, 6.07) is 12.1. The molecule has 2 aromatic rings. The second-order valence-electron chi connectivity index (χ2n) is 7.20. The number of hydrogen-bond acceptors (Lipinski definition) is 7. The molecule has 29 heavy (non-hydrogen) atoms. The number of likely N-dealkylation sites (N-methyl/N-ethyl adjacent to an activating group) is 1. The summed E-state index contributed by atoms with van der Waals surface area (Å²) in [6.07, 6.45) is -0.245. The summed E-state index contributed by atoms with van der Waals surface area (Å²) < 4.78 is 5.11. The number of nitrogens with one attached hydrogen (secondary N) is 1. The van der Waals surface area contributed by atoms with E-state index in [1.165, 1.54) is 0 Å². The van der Waals surface area contributed by atoms with E-state index in [0.717, 1.165) is 30.2 Å². The van der Waals surface area contributed by atoms with Gasteiger partial charge in [0.2, 0.25) is 5.95 Å². The van der Waals surface area contributed by atoms with Crippen LogP contribution in [0.25, 0.3) is 11.3 Å². The van der Waals surface area contributed by atoms with Crippen molar-refractivity contribution in [3.05, 3.63) is 36.4 Å². The molecule has 8 heteroatoms. The molecule has 0 unspecified atom stereocenters. The van der Waals surface area contributed by atoms with Crippen LogP contribution in [-0.2, 0) is 4.74 Å². The van der Waals surface area contributed by atoms with Gasteiger partial charge in [-0.05, 0) is 21.0 Å². The highest BCUT2D eigenvalue weighted by Crippen LogP contribution is 2.24. The molecule has 156 valence electrons. The standard InChI is InChI=1S/C21H30N6O2/c1-4-29-21(28)27-14-12-26(13-15-27)19-16-18(17-8-6-5-7-9-17)23-20(24-19)22-10-11-25(2)3/h5-9,16H,4,10-15H2,1-3H3,(H,22,23,24). The number of nitrogens with zero attached hydrogens (tertiary/aromatic N) is 5. The predicted molar refractivity (Wildman–Crippen MR) is 115 cm³/mol. The third kappa shape index (κ3) is 5.80. The lowest BCUT2D eigenvalue weighted by molar-refractivity contribution is 0.105. The Bertz CT molecular complexity index is 791.